The minimum atomic E-state index is -0.394. The lowest BCUT2D eigenvalue weighted by molar-refractivity contribution is -0.134. The Morgan fingerprint density at radius 3 is 2.33 bits per heavy atom. The molecule has 0 amide bonds. The Bertz CT molecular complexity index is 280. The van der Waals surface area contributed by atoms with Crippen LogP contribution in [0.5, 0.6) is 5.75 Å². The molecular weight excluding hydrogens is 192 g/mol. The summed E-state index contributed by atoms with van der Waals surface area (Å²) >= 11 is 0. The Balaban J connectivity index is 0.000000288. The summed E-state index contributed by atoms with van der Waals surface area (Å²) in [7, 11) is 1.31. The van der Waals surface area contributed by atoms with Gasteiger partial charge in [0, 0.05) is 6.08 Å². The van der Waals surface area contributed by atoms with Crippen molar-refractivity contribution in [1.82, 2.24) is 0 Å². The van der Waals surface area contributed by atoms with Crippen LogP contribution in [-0.2, 0) is 9.53 Å². The van der Waals surface area contributed by atoms with Gasteiger partial charge in [0.05, 0.1) is 13.7 Å². The first-order chi connectivity index (χ1) is 7.24. The van der Waals surface area contributed by atoms with Crippen molar-refractivity contribution in [3.8, 4) is 5.75 Å². The van der Waals surface area contributed by atoms with E-state index in [2.05, 4.69) is 11.3 Å². The van der Waals surface area contributed by atoms with E-state index in [0.29, 0.717) is 0 Å². The van der Waals surface area contributed by atoms with Crippen LogP contribution in [0.2, 0.25) is 0 Å². The molecule has 0 saturated heterocycles. The maximum absolute atomic E-state index is 9.84. The summed E-state index contributed by atoms with van der Waals surface area (Å²) in [6.07, 6.45) is 1.11. The topological polar surface area (TPSA) is 35.5 Å². The fourth-order valence-corrected chi connectivity index (χ4v) is 0.767. The molecule has 0 aliphatic carbocycles. The molecule has 82 valence electrons. The highest BCUT2D eigenvalue weighted by atomic mass is 16.5. The van der Waals surface area contributed by atoms with Crippen molar-refractivity contribution in [1.29, 1.82) is 0 Å². The summed E-state index contributed by atoms with van der Waals surface area (Å²) in [4.78, 5) is 9.84. The van der Waals surface area contributed by atoms with E-state index in [9.17, 15) is 4.79 Å². The van der Waals surface area contributed by atoms with E-state index in [0.717, 1.165) is 18.4 Å². The van der Waals surface area contributed by atoms with Gasteiger partial charge in [0.15, 0.2) is 0 Å². The van der Waals surface area contributed by atoms with Gasteiger partial charge in [-0.1, -0.05) is 24.8 Å². The van der Waals surface area contributed by atoms with Crippen LogP contribution in [0.4, 0.5) is 0 Å². The third-order valence-corrected chi connectivity index (χ3v) is 1.42. The molecule has 1 aromatic carbocycles. The lowest BCUT2D eigenvalue weighted by Crippen LogP contribution is -1.91. The summed E-state index contributed by atoms with van der Waals surface area (Å²) in [5, 5.41) is 0. The molecule has 0 aliphatic rings. The highest BCUT2D eigenvalue weighted by Crippen LogP contribution is 2.06. The second kappa shape index (κ2) is 8.81. The van der Waals surface area contributed by atoms with Crippen LogP contribution >= 0.6 is 0 Å². The van der Waals surface area contributed by atoms with Gasteiger partial charge < -0.3 is 9.47 Å². The number of esters is 1. The second-order valence-corrected chi connectivity index (χ2v) is 2.47. The second-order valence-electron chi connectivity index (χ2n) is 2.47. The van der Waals surface area contributed by atoms with Gasteiger partial charge in [0.2, 0.25) is 0 Å². The van der Waals surface area contributed by atoms with Crippen LogP contribution in [-0.4, -0.2) is 19.7 Å². The van der Waals surface area contributed by atoms with E-state index in [4.69, 9.17) is 4.74 Å². The van der Waals surface area contributed by atoms with E-state index in [1.807, 2.05) is 37.3 Å². The zero-order chi connectivity index (χ0) is 11.5. The van der Waals surface area contributed by atoms with E-state index in [-0.39, 0.29) is 0 Å². The van der Waals surface area contributed by atoms with Gasteiger partial charge >= 0.3 is 5.97 Å². The van der Waals surface area contributed by atoms with Crippen LogP contribution in [0.25, 0.3) is 0 Å². The normalized spacial score (nSPS) is 8.13. The Hall–Kier alpha value is -1.77. The molecule has 0 N–H and O–H groups in total. The summed E-state index contributed by atoms with van der Waals surface area (Å²) in [6.45, 7) is 5.88. The molecule has 0 aromatic heterocycles. The Morgan fingerprint density at radius 1 is 1.40 bits per heavy atom. The smallest absolute Gasteiger partial charge is 0.329 e. The average molecular weight is 208 g/mol. The number of carbonyl (C=O) groups is 1. The van der Waals surface area contributed by atoms with Crippen molar-refractivity contribution in [2.45, 2.75) is 6.92 Å². The number of para-hydroxylation sites is 1. The molecule has 0 saturated carbocycles. The number of hydrogen-bond acceptors (Lipinski definition) is 3. The first-order valence-electron chi connectivity index (χ1n) is 4.62. The number of benzene rings is 1. The van der Waals surface area contributed by atoms with Crippen LogP contribution in [0.3, 0.4) is 0 Å². The number of methoxy groups -OCH3 is 1. The molecule has 0 bridgehead atoms. The molecule has 1 aromatic rings. The van der Waals surface area contributed by atoms with Crippen LogP contribution in [0, 0.1) is 0 Å². The summed E-state index contributed by atoms with van der Waals surface area (Å²) in [6, 6.07) is 9.80. The van der Waals surface area contributed by atoms with Crippen molar-refractivity contribution in [2.24, 2.45) is 0 Å². The molecule has 0 unspecified atom stereocenters. The van der Waals surface area contributed by atoms with Gasteiger partial charge in [-0.3, -0.25) is 0 Å². The largest absolute Gasteiger partial charge is 0.494 e. The standard InChI is InChI=1S/C8H10O.C4H6O2/c1-2-9-8-6-4-3-5-7-8;1-3-4(5)6-2/h3-7H,2H2,1H3;3H,1H2,2H3. The minimum Gasteiger partial charge on any atom is -0.494 e. The quantitative estimate of drug-likeness (QED) is 0.565. The molecule has 0 fully saturated rings. The maximum atomic E-state index is 9.84. The van der Waals surface area contributed by atoms with E-state index in [1.54, 1.807) is 0 Å². The van der Waals surface area contributed by atoms with Crippen LogP contribution in [0.1, 0.15) is 6.92 Å². The lowest BCUT2D eigenvalue weighted by Gasteiger charge is -1.99. The zero-order valence-corrected chi connectivity index (χ0v) is 9.10. The third kappa shape index (κ3) is 7.31. The lowest BCUT2D eigenvalue weighted by atomic mass is 10.3. The molecule has 15 heavy (non-hydrogen) atoms. The number of ether oxygens (including phenoxy) is 2. The summed E-state index contributed by atoms with van der Waals surface area (Å²) in [5.74, 6) is 0.551. The van der Waals surface area contributed by atoms with Gasteiger partial charge in [-0.15, -0.1) is 0 Å². The highest BCUT2D eigenvalue weighted by molar-refractivity contribution is 5.80. The molecular formula is C12H16O3. The number of rotatable bonds is 3. The first-order valence-corrected chi connectivity index (χ1v) is 4.62. The Labute approximate surface area is 90.3 Å². The zero-order valence-electron chi connectivity index (χ0n) is 9.10. The molecule has 0 heterocycles. The van der Waals surface area contributed by atoms with Crippen molar-refractivity contribution < 1.29 is 14.3 Å². The maximum Gasteiger partial charge on any atom is 0.329 e. The molecule has 0 aliphatic heterocycles. The number of hydrogen-bond donors (Lipinski definition) is 0. The fourth-order valence-electron chi connectivity index (χ4n) is 0.767. The van der Waals surface area contributed by atoms with Crippen LogP contribution < -0.4 is 4.74 Å². The number of carbonyl (C=O) groups excluding carboxylic acids is 1. The predicted octanol–water partition coefficient (Wildman–Crippen LogP) is 2.43. The van der Waals surface area contributed by atoms with Gasteiger partial charge in [-0.05, 0) is 19.1 Å². The molecule has 3 nitrogen and oxygen atoms in total. The van der Waals surface area contributed by atoms with Gasteiger partial charge in [0.1, 0.15) is 5.75 Å². The fraction of sp³-hybridized carbons (Fsp3) is 0.250. The van der Waals surface area contributed by atoms with Gasteiger partial charge in [-0.2, -0.15) is 0 Å². The highest BCUT2D eigenvalue weighted by Gasteiger charge is 1.83. The summed E-state index contributed by atoms with van der Waals surface area (Å²) in [5.41, 5.74) is 0. The molecule has 1 rings (SSSR count). The molecule has 0 spiro atoms. The average Bonchev–Trinajstić information content (AvgIpc) is 2.31. The van der Waals surface area contributed by atoms with Crippen molar-refractivity contribution in [3.63, 3.8) is 0 Å². The van der Waals surface area contributed by atoms with Gasteiger partial charge in [0.25, 0.3) is 0 Å². The third-order valence-electron chi connectivity index (χ3n) is 1.42. The molecule has 3 heteroatoms. The Kier molecular flexibility index (Phi) is 7.77. The van der Waals surface area contributed by atoms with Gasteiger partial charge in [-0.25, -0.2) is 4.79 Å². The predicted molar refractivity (Wildman–Crippen MR) is 59.8 cm³/mol. The Morgan fingerprint density at radius 2 is 2.00 bits per heavy atom. The van der Waals surface area contributed by atoms with Crippen molar-refractivity contribution >= 4 is 5.97 Å². The summed E-state index contributed by atoms with van der Waals surface area (Å²) < 4.78 is 9.35. The van der Waals surface area contributed by atoms with Crippen molar-refractivity contribution in [2.75, 3.05) is 13.7 Å². The minimum absolute atomic E-state index is 0.394. The molecule has 0 atom stereocenters. The van der Waals surface area contributed by atoms with E-state index >= 15 is 0 Å². The SMILES string of the molecule is C=CC(=O)OC.CCOc1ccccc1. The van der Waals surface area contributed by atoms with Crippen molar-refractivity contribution in [3.05, 3.63) is 43.0 Å². The monoisotopic (exact) mass is 208 g/mol. The van der Waals surface area contributed by atoms with Crippen LogP contribution in [0.15, 0.2) is 43.0 Å². The molecule has 0 radical (unpaired) electrons. The van der Waals surface area contributed by atoms with E-state index in [1.165, 1.54) is 7.11 Å². The van der Waals surface area contributed by atoms with E-state index < -0.39 is 5.97 Å². The first kappa shape index (κ1) is 13.2.